The van der Waals surface area contributed by atoms with Gasteiger partial charge in [0, 0.05) is 12.2 Å². The topological polar surface area (TPSA) is 111 Å². The van der Waals surface area contributed by atoms with Gasteiger partial charge in [0.1, 0.15) is 10.6 Å². The smallest absolute Gasteiger partial charge is 0.244 e. The van der Waals surface area contributed by atoms with E-state index in [9.17, 15) is 8.42 Å². The van der Waals surface area contributed by atoms with Crippen LogP contribution in [-0.2, 0) is 14.8 Å². The number of aliphatic hydroxyl groups is 1. The molecule has 0 amide bonds. The molecule has 0 atom stereocenters. The van der Waals surface area contributed by atoms with Crippen molar-refractivity contribution in [3.63, 3.8) is 0 Å². The fourth-order valence-corrected chi connectivity index (χ4v) is 2.61. The molecule has 0 saturated heterocycles. The van der Waals surface area contributed by atoms with Gasteiger partial charge >= 0.3 is 0 Å². The van der Waals surface area contributed by atoms with Crippen molar-refractivity contribution in [3.8, 4) is 5.75 Å². The van der Waals surface area contributed by atoms with E-state index in [1.165, 1.54) is 19.2 Å². The van der Waals surface area contributed by atoms with Crippen LogP contribution in [-0.4, -0.2) is 47.0 Å². The van der Waals surface area contributed by atoms with E-state index in [4.69, 9.17) is 20.3 Å². The summed E-state index contributed by atoms with van der Waals surface area (Å²) in [5.41, 5.74) is 5.90. The van der Waals surface area contributed by atoms with Crippen LogP contribution in [0.3, 0.4) is 0 Å². The molecule has 0 spiro atoms. The zero-order chi connectivity index (χ0) is 14.3. The molecule has 0 unspecified atom stereocenters. The van der Waals surface area contributed by atoms with Crippen molar-refractivity contribution in [2.45, 2.75) is 4.90 Å². The van der Waals surface area contributed by atoms with E-state index in [-0.39, 0.29) is 37.0 Å². The number of methoxy groups -OCH3 is 1. The Kier molecular flexibility index (Phi) is 6.03. The largest absolute Gasteiger partial charge is 0.495 e. The molecule has 1 aromatic rings. The molecule has 108 valence electrons. The van der Waals surface area contributed by atoms with E-state index in [0.717, 1.165) is 0 Å². The van der Waals surface area contributed by atoms with Gasteiger partial charge in [-0.2, -0.15) is 0 Å². The second-order valence-electron chi connectivity index (χ2n) is 3.64. The molecular weight excluding hydrogens is 272 g/mol. The van der Waals surface area contributed by atoms with Gasteiger partial charge in [-0.3, -0.25) is 0 Å². The lowest BCUT2D eigenvalue weighted by Crippen LogP contribution is -2.28. The second kappa shape index (κ2) is 7.29. The van der Waals surface area contributed by atoms with Crippen molar-refractivity contribution in [3.05, 3.63) is 18.2 Å². The SMILES string of the molecule is COc1ccc(N)cc1S(=O)(=O)NCCOCCO. The van der Waals surface area contributed by atoms with Gasteiger partial charge in [0.2, 0.25) is 10.0 Å². The Labute approximate surface area is 112 Å². The molecule has 0 aromatic heterocycles. The highest BCUT2D eigenvalue weighted by Crippen LogP contribution is 2.25. The van der Waals surface area contributed by atoms with Crippen molar-refractivity contribution in [1.29, 1.82) is 0 Å². The third-order valence-corrected chi connectivity index (χ3v) is 3.73. The van der Waals surface area contributed by atoms with Gasteiger partial charge in [-0.25, -0.2) is 13.1 Å². The maximum absolute atomic E-state index is 12.0. The lowest BCUT2D eigenvalue weighted by atomic mass is 10.3. The molecule has 1 aromatic carbocycles. The number of nitrogen functional groups attached to an aromatic ring is 1. The summed E-state index contributed by atoms with van der Waals surface area (Å²) >= 11 is 0. The van der Waals surface area contributed by atoms with Crippen molar-refractivity contribution in [1.82, 2.24) is 4.72 Å². The maximum Gasteiger partial charge on any atom is 0.244 e. The molecule has 0 fully saturated rings. The van der Waals surface area contributed by atoms with Crippen LogP contribution in [0.1, 0.15) is 0 Å². The van der Waals surface area contributed by atoms with Crippen LogP contribution >= 0.6 is 0 Å². The fourth-order valence-electron chi connectivity index (χ4n) is 1.40. The van der Waals surface area contributed by atoms with E-state index in [2.05, 4.69) is 4.72 Å². The molecule has 0 aliphatic rings. The number of hydrogen-bond donors (Lipinski definition) is 3. The number of hydrogen-bond acceptors (Lipinski definition) is 6. The van der Waals surface area contributed by atoms with E-state index >= 15 is 0 Å². The first kappa shape index (κ1) is 15.7. The predicted octanol–water partition coefficient (Wildman–Crippen LogP) is -0.435. The number of nitrogens with one attached hydrogen (secondary N) is 1. The lowest BCUT2D eigenvalue weighted by Gasteiger charge is -2.11. The van der Waals surface area contributed by atoms with Crippen LogP contribution in [0.25, 0.3) is 0 Å². The Hall–Kier alpha value is -1.35. The van der Waals surface area contributed by atoms with Gasteiger partial charge in [0.25, 0.3) is 0 Å². The lowest BCUT2D eigenvalue weighted by molar-refractivity contribution is 0.0961. The molecular formula is C11H18N2O5S. The molecule has 0 aliphatic heterocycles. The molecule has 0 heterocycles. The van der Waals surface area contributed by atoms with Crippen molar-refractivity contribution < 1.29 is 23.0 Å². The first-order valence-electron chi connectivity index (χ1n) is 5.63. The van der Waals surface area contributed by atoms with Crippen LogP contribution in [0, 0.1) is 0 Å². The number of nitrogens with two attached hydrogens (primary N) is 1. The fraction of sp³-hybridized carbons (Fsp3) is 0.455. The Morgan fingerprint density at radius 2 is 2.11 bits per heavy atom. The molecule has 8 heteroatoms. The standard InChI is InChI=1S/C11H18N2O5S/c1-17-10-3-2-9(12)8-11(10)19(15,16)13-4-6-18-7-5-14/h2-3,8,13-14H,4-7,12H2,1H3. The summed E-state index contributed by atoms with van der Waals surface area (Å²) in [5, 5.41) is 8.51. The van der Waals surface area contributed by atoms with Crippen LogP contribution in [0.4, 0.5) is 5.69 Å². The van der Waals surface area contributed by atoms with Gasteiger partial charge < -0.3 is 20.3 Å². The first-order valence-corrected chi connectivity index (χ1v) is 7.11. The van der Waals surface area contributed by atoms with E-state index in [1.807, 2.05) is 0 Å². The Bertz CT molecular complexity index is 504. The van der Waals surface area contributed by atoms with Gasteiger partial charge in [0.15, 0.2) is 0 Å². The summed E-state index contributed by atoms with van der Waals surface area (Å²) in [5.74, 6) is 0.220. The predicted molar refractivity (Wildman–Crippen MR) is 70.5 cm³/mol. The average molecular weight is 290 g/mol. The number of benzene rings is 1. The highest BCUT2D eigenvalue weighted by atomic mass is 32.2. The van der Waals surface area contributed by atoms with E-state index < -0.39 is 10.0 Å². The summed E-state index contributed by atoms with van der Waals surface area (Å²) in [6, 6.07) is 4.38. The van der Waals surface area contributed by atoms with E-state index in [0.29, 0.717) is 5.69 Å². The minimum Gasteiger partial charge on any atom is -0.495 e. The molecule has 0 bridgehead atoms. The van der Waals surface area contributed by atoms with Gasteiger partial charge in [-0.05, 0) is 18.2 Å². The maximum atomic E-state index is 12.0. The highest BCUT2D eigenvalue weighted by molar-refractivity contribution is 7.89. The van der Waals surface area contributed by atoms with Crippen LogP contribution < -0.4 is 15.2 Å². The second-order valence-corrected chi connectivity index (χ2v) is 5.38. The Morgan fingerprint density at radius 3 is 2.74 bits per heavy atom. The molecule has 4 N–H and O–H groups in total. The van der Waals surface area contributed by atoms with Crippen LogP contribution in [0.15, 0.2) is 23.1 Å². The zero-order valence-electron chi connectivity index (χ0n) is 10.6. The van der Waals surface area contributed by atoms with Gasteiger partial charge in [0.05, 0.1) is 26.9 Å². The number of sulfonamides is 1. The molecule has 19 heavy (non-hydrogen) atoms. The Morgan fingerprint density at radius 1 is 1.37 bits per heavy atom. The van der Waals surface area contributed by atoms with Crippen LogP contribution in [0.5, 0.6) is 5.75 Å². The molecule has 7 nitrogen and oxygen atoms in total. The first-order chi connectivity index (χ1) is 9.01. The average Bonchev–Trinajstić information content (AvgIpc) is 2.38. The summed E-state index contributed by atoms with van der Waals surface area (Å²) in [4.78, 5) is -0.0165. The number of rotatable bonds is 8. The van der Waals surface area contributed by atoms with E-state index in [1.54, 1.807) is 6.07 Å². The Balaban J connectivity index is 2.74. The number of anilines is 1. The normalized spacial score (nSPS) is 11.5. The summed E-state index contributed by atoms with van der Waals surface area (Å²) in [6.07, 6.45) is 0. The summed E-state index contributed by atoms with van der Waals surface area (Å²) in [7, 11) is -2.33. The van der Waals surface area contributed by atoms with Gasteiger partial charge in [-0.15, -0.1) is 0 Å². The monoisotopic (exact) mass is 290 g/mol. The third-order valence-electron chi connectivity index (χ3n) is 2.25. The zero-order valence-corrected chi connectivity index (χ0v) is 11.4. The minimum atomic E-state index is -3.71. The molecule has 0 saturated carbocycles. The van der Waals surface area contributed by atoms with Gasteiger partial charge in [-0.1, -0.05) is 0 Å². The molecule has 1 rings (SSSR count). The summed E-state index contributed by atoms with van der Waals surface area (Å²) in [6.45, 7) is 0.337. The van der Waals surface area contributed by atoms with Crippen molar-refractivity contribution in [2.24, 2.45) is 0 Å². The molecule has 0 aliphatic carbocycles. The highest BCUT2D eigenvalue weighted by Gasteiger charge is 2.19. The van der Waals surface area contributed by atoms with Crippen molar-refractivity contribution in [2.75, 3.05) is 39.2 Å². The number of ether oxygens (including phenoxy) is 2. The third kappa shape index (κ3) is 4.67. The number of aliphatic hydroxyl groups excluding tert-OH is 1. The summed E-state index contributed by atoms with van der Waals surface area (Å²) < 4.78 is 36.4. The molecule has 0 radical (unpaired) electrons. The van der Waals surface area contributed by atoms with Crippen molar-refractivity contribution >= 4 is 15.7 Å². The minimum absolute atomic E-state index is 0.0165. The quantitative estimate of drug-likeness (QED) is 0.442. The van der Waals surface area contributed by atoms with Crippen LogP contribution in [0.2, 0.25) is 0 Å².